The Balaban J connectivity index is 0.000000222. The average molecular weight is 537 g/mol. The summed E-state index contributed by atoms with van der Waals surface area (Å²) >= 11 is 0. The number of carbonyl (C=O) groups excluding carboxylic acids is 1. The lowest BCUT2D eigenvalue weighted by atomic mass is 9.86. The first-order valence-electron chi connectivity index (χ1n) is 13.6. The lowest BCUT2D eigenvalue weighted by Crippen LogP contribution is -2.10. The van der Waals surface area contributed by atoms with Crippen LogP contribution in [-0.2, 0) is 15.6 Å². The highest BCUT2D eigenvalue weighted by Crippen LogP contribution is 2.29. The van der Waals surface area contributed by atoms with E-state index >= 15 is 0 Å². The van der Waals surface area contributed by atoms with Crippen LogP contribution in [0.15, 0.2) is 97.1 Å². The van der Waals surface area contributed by atoms with Crippen molar-refractivity contribution in [2.45, 2.75) is 59.3 Å². The molecular formula is C36H40O4. The molecule has 0 heterocycles. The number of carboxylic acid groups (broad SMARTS) is 1. The number of aromatic carboxylic acids is 1. The molecule has 208 valence electrons. The highest BCUT2D eigenvalue weighted by Gasteiger charge is 2.17. The van der Waals surface area contributed by atoms with Crippen molar-refractivity contribution in [2.75, 3.05) is 6.61 Å². The molecule has 4 aromatic carbocycles. The van der Waals surface area contributed by atoms with E-state index in [2.05, 4.69) is 77.9 Å². The van der Waals surface area contributed by atoms with E-state index < -0.39 is 5.97 Å². The van der Waals surface area contributed by atoms with E-state index in [0.717, 1.165) is 22.3 Å². The molecule has 0 atom stereocenters. The third kappa shape index (κ3) is 7.69. The number of hydrogen-bond acceptors (Lipinski definition) is 3. The van der Waals surface area contributed by atoms with E-state index in [4.69, 9.17) is 4.74 Å². The largest absolute Gasteiger partial charge is 0.478 e. The van der Waals surface area contributed by atoms with Crippen molar-refractivity contribution < 1.29 is 19.4 Å². The number of esters is 1. The van der Waals surface area contributed by atoms with Gasteiger partial charge in [-0.3, -0.25) is 0 Å². The van der Waals surface area contributed by atoms with E-state index in [0.29, 0.717) is 17.7 Å². The summed E-state index contributed by atoms with van der Waals surface area (Å²) in [4.78, 5) is 23.3. The Morgan fingerprint density at radius 2 is 0.975 bits per heavy atom. The second kappa shape index (κ2) is 12.8. The number of carbonyl (C=O) groups is 2. The van der Waals surface area contributed by atoms with E-state index in [1.807, 2.05) is 55.5 Å². The summed E-state index contributed by atoms with van der Waals surface area (Å²) in [6, 6.07) is 31.1. The SMILES string of the molecule is CC(C)(C)c1ccc(-c2ccccc2C(=O)O)cc1.CCOC(=O)c1ccccc1-c1ccc(C(C)(C)C)cc1. The predicted octanol–water partition coefficient (Wildman–Crippen LogP) is 9.18. The molecule has 0 aliphatic heterocycles. The van der Waals surface area contributed by atoms with Crippen molar-refractivity contribution in [2.24, 2.45) is 0 Å². The van der Waals surface area contributed by atoms with Crippen LogP contribution in [0.25, 0.3) is 22.3 Å². The minimum Gasteiger partial charge on any atom is -0.478 e. The topological polar surface area (TPSA) is 63.6 Å². The molecule has 1 N–H and O–H groups in total. The van der Waals surface area contributed by atoms with Crippen LogP contribution >= 0.6 is 0 Å². The van der Waals surface area contributed by atoms with Gasteiger partial charge >= 0.3 is 11.9 Å². The summed E-state index contributed by atoms with van der Waals surface area (Å²) in [6.07, 6.45) is 0. The standard InChI is InChI=1S/C19H22O2.C17H18O2/c1-5-21-18(20)17-9-7-6-8-16(17)14-10-12-15(13-11-14)19(2,3)4;1-17(2,3)13-10-8-12(9-11-13)14-6-4-5-7-15(14)16(18)19/h6-13H,5H2,1-4H3;4-11H,1-3H3,(H,18,19). The second-order valence-corrected chi connectivity index (χ2v) is 11.8. The third-order valence-electron chi connectivity index (χ3n) is 6.70. The molecule has 0 saturated heterocycles. The zero-order valence-electron chi connectivity index (χ0n) is 24.6. The molecular weight excluding hydrogens is 496 g/mol. The summed E-state index contributed by atoms with van der Waals surface area (Å²) in [5, 5.41) is 9.21. The van der Waals surface area contributed by atoms with Crippen molar-refractivity contribution >= 4 is 11.9 Å². The fraction of sp³-hybridized carbons (Fsp3) is 0.278. The molecule has 0 amide bonds. The van der Waals surface area contributed by atoms with Gasteiger partial charge in [0.2, 0.25) is 0 Å². The molecule has 0 aliphatic carbocycles. The van der Waals surface area contributed by atoms with Gasteiger partial charge in [-0.25, -0.2) is 9.59 Å². The van der Waals surface area contributed by atoms with Gasteiger partial charge < -0.3 is 9.84 Å². The fourth-order valence-corrected chi connectivity index (χ4v) is 4.34. The Morgan fingerprint density at radius 3 is 1.35 bits per heavy atom. The Labute approximate surface area is 238 Å². The van der Waals surface area contributed by atoms with Crippen LogP contribution in [0.4, 0.5) is 0 Å². The Kier molecular flexibility index (Phi) is 9.70. The molecule has 4 nitrogen and oxygen atoms in total. The highest BCUT2D eigenvalue weighted by atomic mass is 16.5. The number of ether oxygens (including phenoxy) is 1. The van der Waals surface area contributed by atoms with E-state index in [9.17, 15) is 14.7 Å². The minimum atomic E-state index is -0.893. The first-order chi connectivity index (χ1) is 18.8. The molecule has 0 bridgehead atoms. The van der Waals surface area contributed by atoms with Crippen LogP contribution in [0.3, 0.4) is 0 Å². The van der Waals surface area contributed by atoms with Gasteiger partial charge in [0, 0.05) is 0 Å². The van der Waals surface area contributed by atoms with E-state index in [-0.39, 0.29) is 16.8 Å². The van der Waals surface area contributed by atoms with Crippen LogP contribution in [0.1, 0.15) is 80.3 Å². The van der Waals surface area contributed by atoms with Gasteiger partial charge in [-0.05, 0) is 63.3 Å². The maximum atomic E-state index is 12.0. The lowest BCUT2D eigenvalue weighted by Gasteiger charge is -2.19. The monoisotopic (exact) mass is 536 g/mol. The molecule has 0 spiro atoms. The number of benzene rings is 4. The van der Waals surface area contributed by atoms with Gasteiger partial charge in [-0.15, -0.1) is 0 Å². The Morgan fingerprint density at radius 1 is 0.600 bits per heavy atom. The van der Waals surface area contributed by atoms with Crippen molar-refractivity contribution in [3.05, 3.63) is 119 Å². The maximum absolute atomic E-state index is 12.0. The normalized spacial score (nSPS) is 11.3. The summed E-state index contributed by atoms with van der Waals surface area (Å²) < 4.78 is 5.13. The Hall–Kier alpha value is -4.18. The average Bonchev–Trinajstić information content (AvgIpc) is 2.93. The fourth-order valence-electron chi connectivity index (χ4n) is 4.34. The smallest absolute Gasteiger partial charge is 0.338 e. The number of carboxylic acids is 1. The quantitative estimate of drug-likeness (QED) is 0.258. The van der Waals surface area contributed by atoms with Crippen molar-refractivity contribution in [3.63, 3.8) is 0 Å². The van der Waals surface area contributed by atoms with Gasteiger partial charge in [0.15, 0.2) is 0 Å². The summed E-state index contributed by atoms with van der Waals surface area (Å²) in [6.45, 7) is 15.3. The molecule has 4 aromatic rings. The predicted molar refractivity (Wildman–Crippen MR) is 164 cm³/mol. The molecule has 0 fully saturated rings. The third-order valence-corrected chi connectivity index (χ3v) is 6.70. The van der Waals surface area contributed by atoms with Gasteiger partial charge in [0.05, 0.1) is 17.7 Å². The van der Waals surface area contributed by atoms with E-state index in [1.165, 1.54) is 11.1 Å². The van der Waals surface area contributed by atoms with Crippen molar-refractivity contribution in [1.29, 1.82) is 0 Å². The van der Waals surface area contributed by atoms with Crippen LogP contribution in [0, 0.1) is 0 Å². The van der Waals surface area contributed by atoms with Crippen molar-refractivity contribution in [1.82, 2.24) is 0 Å². The molecule has 0 radical (unpaired) electrons. The molecule has 0 saturated carbocycles. The molecule has 40 heavy (non-hydrogen) atoms. The molecule has 4 heteroatoms. The highest BCUT2D eigenvalue weighted by molar-refractivity contribution is 5.97. The second-order valence-electron chi connectivity index (χ2n) is 11.8. The lowest BCUT2D eigenvalue weighted by molar-refractivity contribution is 0.0526. The zero-order valence-corrected chi connectivity index (χ0v) is 24.6. The molecule has 0 aromatic heterocycles. The number of rotatable bonds is 5. The zero-order chi connectivity index (χ0) is 29.5. The maximum Gasteiger partial charge on any atom is 0.338 e. The molecule has 4 rings (SSSR count). The summed E-state index contributed by atoms with van der Waals surface area (Å²) in [5.41, 5.74) is 7.34. The Bertz CT molecular complexity index is 1430. The summed E-state index contributed by atoms with van der Waals surface area (Å²) in [7, 11) is 0. The first-order valence-corrected chi connectivity index (χ1v) is 13.6. The van der Waals surface area contributed by atoms with Crippen LogP contribution < -0.4 is 0 Å². The van der Waals surface area contributed by atoms with Gasteiger partial charge in [-0.2, -0.15) is 0 Å². The van der Waals surface area contributed by atoms with E-state index in [1.54, 1.807) is 12.1 Å². The molecule has 0 aliphatic rings. The van der Waals surface area contributed by atoms with Gasteiger partial charge in [0.25, 0.3) is 0 Å². The van der Waals surface area contributed by atoms with Gasteiger partial charge in [-0.1, -0.05) is 126 Å². The number of hydrogen-bond donors (Lipinski definition) is 1. The van der Waals surface area contributed by atoms with Crippen LogP contribution in [-0.4, -0.2) is 23.7 Å². The van der Waals surface area contributed by atoms with Crippen molar-refractivity contribution in [3.8, 4) is 22.3 Å². The van der Waals surface area contributed by atoms with Crippen LogP contribution in [0.2, 0.25) is 0 Å². The summed E-state index contributed by atoms with van der Waals surface area (Å²) in [5.74, 6) is -1.16. The van der Waals surface area contributed by atoms with Gasteiger partial charge in [0.1, 0.15) is 0 Å². The minimum absolute atomic E-state index is 0.102. The van der Waals surface area contributed by atoms with Crippen LogP contribution in [0.5, 0.6) is 0 Å². The molecule has 0 unspecified atom stereocenters. The first kappa shape index (κ1) is 30.4.